The Hall–Kier alpha value is -0.640. The quantitative estimate of drug-likeness (QED) is 0.512. The molecule has 3 nitrogen and oxygen atoms in total. The van der Waals surface area contributed by atoms with E-state index in [0.29, 0.717) is 30.1 Å². The Morgan fingerprint density at radius 1 is 1.13 bits per heavy atom. The molecule has 3 aliphatic carbocycles. The fourth-order valence-electron chi connectivity index (χ4n) is 6.88. The molecule has 6 atom stereocenters. The van der Waals surface area contributed by atoms with Crippen LogP contribution in [0.5, 0.6) is 0 Å². The molecule has 3 N–H and O–H groups in total. The first-order valence-electron chi connectivity index (χ1n) is 12.5. The summed E-state index contributed by atoms with van der Waals surface area (Å²) < 4.78 is 0. The van der Waals surface area contributed by atoms with Gasteiger partial charge < -0.3 is 15.3 Å². The van der Waals surface area contributed by atoms with E-state index in [1.165, 1.54) is 44.1 Å². The van der Waals surface area contributed by atoms with Crippen LogP contribution in [-0.2, 0) is 0 Å². The SMILES string of the molecule is CC1[C@H](O)CC(=C/C=C2\CCC[C@]3(C)[C@@H]([C@H](C)CCCC(C)(C)O)CC[C@@H]23)C[C@H]1O. The van der Waals surface area contributed by atoms with Crippen LogP contribution in [0.3, 0.4) is 0 Å². The number of allylic oxidation sites excluding steroid dienone is 3. The van der Waals surface area contributed by atoms with E-state index < -0.39 is 17.8 Å². The molecule has 3 fully saturated rings. The largest absolute Gasteiger partial charge is 0.392 e. The van der Waals surface area contributed by atoms with Crippen molar-refractivity contribution >= 4 is 0 Å². The van der Waals surface area contributed by atoms with Crippen molar-refractivity contribution in [2.24, 2.45) is 29.1 Å². The third-order valence-corrected chi connectivity index (χ3v) is 8.86. The molecule has 3 heteroatoms. The maximum Gasteiger partial charge on any atom is 0.0627 e. The first-order chi connectivity index (χ1) is 14.0. The molecule has 0 aromatic heterocycles. The van der Waals surface area contributed by atoms with Crippen LogP contribution in [-0.4, -0.2) is 33.1 Å². The number of fused-ring (bicyclic) bond motifs is 1. The molecule has 0 spiro atoms. The molecule has 0 saturated heterocycles. The van der Waals surface area contributed by atoms with Gasteiger partial charge in [-0.1, -0.05) is 56.9 Å². The number of hydrogen-bond donors (Lipinski definition) is 3. The monoisotopic (exact) mass is 418 g/mol. The van der Waals surface area contributed by atoms with Crippen LogP contribution in [0.2, 0.25) is 0 Å². The summed E-state index contributed by atoms with van der Waals surface area (Å²) in [4.78, 5) is 0. The molecule has 0 unspecified atom stereocenters. The van der Waals surface area contributed by atoms with Gasteiger partial charge in [0.1, 0.15) is 0 Å². The van der Waals surface area contributed by atoms with Crippen molar-refractivity contribution in [3.05, 3.63) is 23.3 Å². The van der Waals surface area contributed by atoms with E-state index in [4.69, 9.17) is 0 Å². The minimum atomic E-state index is -0.547. The molecule has 0 aliphatic heterocycles. The molecule has 0 heterocycles. The van der Waals surface area contributed by atoms with Crippen molar-refractivity contribution in [2.45, 2.75) is 117 Å². The predicted molar refractivity (Wildman–Crippen MR) is 124 cm³/mol. The third kappa shape index (κ3) is 5.40. The van der Waals surface area contributed by atoms with Gasteiger partial charge in [0.25, 0.3) is 0 Å². The molecule has 0 aromatic carbocycles. The van der Waals surface area contributed by atoms with Crippen molar-refractivity contribution in [1.82, 2.24) is 0 Å². The highest BCUT2D eigenvalue weighted by molar-refractivity contribution is 5.26. The molecular formula is C27H46O3. The van der Waals surface area contributed by atoms with Crippen LogP contribution in [0.4, 0.5) is 0 Å². The van der Waals surface area contributed by atoms with Gasteiger partial charge in [-0.05, 0) is 88.4 Å². The van der Waals surface area contributed by atoms with Gasteiger partial charge in [-0.25, -0.2) is 0 Å². The molecular weight excluding hydrogens is 372 g/mol. The van der Waals surface area contributed by atoms with Crippen molar-refractivity contribution in [3.8, 4) is 0 Å². The highest BCUT2D eigenvalue weighted by Gasteiger charge is 2.50. The van der Waals surface area contributed by atoms with Crippen LogP contribution in [0.1, 0.15) is 98.8 Å². The molecule has 0 radical (unpaired) electrons. The van der Waals surface area contributed by atoms with Gasteiger partial charge in [0.15, 0.2) is 0 Å². The van der Waals surface area contributed by atoms with Crippen molar-refractivity contribution in [1.29, 1.82) is 0 Å². The number of hydrogen-bond acceptors (Lipinski definition) is 3. The predicted octanol–water partition coefficient (Wildman–Crippen LogP) is 5.78. The zero-order chi connectivity index (χ0) is 22.1. The van der Waals surface area contributed by atoms with Crippen LogP contribution in [0.25, 0.3) is 0 Å². The van der Waals surface area contributed by atoms with Gasteiger partial charge in [0, 0.05) is 5.92 Å². The van der Waals surface area contributed by atoms with Crippen LogP contribution in [0, 0.1) is 29.1 Å². The molecule has 0 bridgehead atoms. The van der Waals surface area contributed by atoms with E-state index in [9.17, 15) is 15.3 Å². The van der Waals surface area contributed by atoms with Crippen molar-refractivity contribution in [2.75, 3.05) is 0 Å². The Labute approximate surface area is 184 Å². The van der Waals surface area contributed by atoms with Gasteiger partial charge in [-0.3, -0.25) is 0 Å². The minimum Gasteiger partial charge on any atom is -0.392 e. The first-order valence-corrected chi connectivity index (χ1v) is 12.5. The maximum absolute atomic E-state index is 10.2. The fourth-order valence-corrected chi connectivity index (χ4v) is 6.88. The lowest BCUT2D eigenvalue weighted by atomic mass is 9.60. The summed E-state index contributed by atoms with van der Waals surface area (Å²) in [5.41, 5.74) is 2.65. The lowest BCUT2D eigenvalue weighted by molar-refractivity contribution is 0.00406. The summed E-state index contributed by atoms with van der Waals surface area (Å²) in [6.07, 6.45) is 14.8. The number of aliphatic hydroxyl groups is 3. The normalized spacial score (nSPS) is 39.8. The second-order valence-corrected chi connectivity index (χ2v) is 11.7. The molecule has 30 heavy (non-hydrogen) atoms. The van der Waals surface area contributed by atoms with Crippen LogP contribution >= 0.6 is 0 Å². The first kappa shape index (κ1) is 24.0. The van der Waals surface area contributed by atoms with Gasteiger partial charge in [0.05, 0.1) is 17.8 Å². The van der Waals surface area contributed by atoms with Crippen LogP contribution < -0.4 is 0 Å². The van der Waals surface area contributed by atoms with E-state index in [1.54, 1.807) is 5.57 Å². The Kier molecular flexibility index (Phi) is 7.58. The van der Waals surface area contributed by atoms with Crippen molar-refractivity contribution < 1.29 is 15.3 Å². The molecule has 3 aliphatic rings. The lowest BCUT2D eigenvalue weighted by Crippen LogP contribution is -2.36. The zero-order valence-corrected chi connectivity index (χ0v) is 20.0. The van der Waals surface area contributed by atoms with Gasteiger partial charge in [-0.2, -0.15) is 0 Å². The van der Waals surface area contributed by atoms with Crippen LogP contribution in [0.15, 0.2) is 23.3 Å². The van der Waals surface area contributed by atoms with Gasteiger partial charge in [-0.15, -0.1) is 0 Å². The third-order valence-electron chi connectivity index (χ3n) is 8.86. The standard InChI is InChI=1S/C27H46O3/c1-18(8-6-14-26(3,4)30)22-12-13-23-21(9-7-15-27(22,23)5)11-10-20-16-24(28)19(2)25(29)17-20/h10-11,18-19,22-25,28-30H,6-9,12-17H2,1-5H3/b20-10?,21-11+/t18-,19?,22-,23+,24-,25-,27-/m1/s1. The summed E-state index contributed by atoms with van der Waals surface area (Å²) in [7, 11) is 0. The molecule has 0 amide bonds. The zero-order valence-electron chi connectivity index (χ0n) is 20.0. The average Bonchev–Trinajstić information content (AvgIpc) is 3.00. The van der Waals surface area contributed by atoms with E-state index in [0.717, 1.165) is 18.8 Å². The number of aliphatic hydroxyl groups excluding tert-OH is 2. The second kappa shape index (κ2) is 9.46. The summed E-state index contributed by atoms with van der Waals surface area (Å²) >= 11 is 0. The summed E-state index contributed by atoms with van der Waals surface area (Å²) in [5.74, 6) is 2.15. The topological polar surface area (TPSA) is 60.7 Å². The smallest absolute Gasteiger partial charge is 0.0627 e. The molecule has 0 aromatic rings. The summed E-state index contributed by atoms with van der Waals surface area (Å²) in [6, 6.07) is 0. The van der Waals surface area contributed by atoms with E-state index in [1.807, 2.05) is 20.8 Å². The highest BCUT2D eigenvalue weighted by atomic mass is 16.3. The maximum atomic E-state index is 10.2. The fraction of sp³-hybridized carbons (Fsp3) is 0.852. The molecule has 172 valence electrons. The highest BCUT2D eigenvalue weighted by Crippen LogP contribution is 2.60. The molecule has 3 rings (SSSR count). The minimum absolute atomic E-state index is 0.0266. The molecule has 3 saturated carbocycles. The Balaban J connectivity index is 1.67. The Morgan fingerprint density at radius 3 is 2.43 bits per heavy atom. The summed E-state index contributed by atoms with van der Waals surface area (Å²) in [5, 5.41) is 30.5. The second-order valence-electron chi connectivity index (χ2n) is 11.7. The van der Waals surface area contributed by atoms with E-state index >= 15 is 0 Å². The average molecular weight is 419 g/mol. The summed E-state index contributed by atoms with van der Waals surface area (Å²) in [6.45, 7) is 10.8. The van der Waals surface area contributed by atoms with Crippen molar-refractivity contribution in [3.63, 3.8) is 0 Å². The Bertz CT molecular complexity index is 629. The van der Waals surface area contributed by atoms with E-state index in [2.05, 4.69) is 26.0 Å². The van der Waals surface area contributed by atoms with Gasteiger partial charge in [0.2, 0.25) is 0 Å². The van der Waals surface area contributed by atoms with Gasteiger partial charge >= 0.3 is 0 Å². The van der Waals surface area contributed by atoms with E-state index in [-0.39, 0.29) is 5.92 Å². The lowest BCUT2D eigenvalue weighted by Gasteiger charge is -2.44. The number of rotatable bonds is 6. The Morgan fingerprint density at radius 2 is 1.80 bits per heavy atom.